The predicted octanol–water partition coefficient (Wildman–Crippen LogP) is 3.91. The molecule has 0 aliphatic heterocycles. The Labute approximate surface area is 78.2 Å². The second kappa shape index (κ2) is 5.82. The number of hydrogen-bond acceptors (Lipinski definition) is 0. The van der Waals surface area contributed by atoms with Crippen LogP contribution in [0.2, 0.25) is 0 Å². The average molecular weight is 217 g/mol. The predicted molar refractivity (Wildman–Crippen MR) is 54.1 cm³/mol. The van der Waals surface area contributed by atoms with Crippen molar-refractivity contribution >= 4 is 15.9 Å². The lowest BCUT2D eigenvalue weighted by Gasteiger charge is -2.06. The van der Waals surface area contributed by atoms with Gasteiger partial charge in [-0.3, -0.25) is 0 Å². The van der Waals surface area contributed by atoms with Crippen molar-refractivity contribution in [2.24, 2.45) is 5.92 Å². The van der Waals surface area contributed by atoms with Gasteiger partial charge in [-0.05, 0) is 18.8 Å². The molecule has 1 rings (SSSR count). The normalized spacial score (nSPS) is 22.3. The lowest BCUT2D eigenvalue weighted by atomic mass is 10.0. The summed E-state index contributed by atoms with van der Waals surface area (Å²) in [4.78, 5) is 0. The monoisotopic (exact) mass is 216 g/mol. The summed E-state index contributed by atoms with van der Waals surface area (Å²) in [5.74, 6) is 0.884. The van der Waals surface area contributed by atoms with Gasteiger partial charge in [-0.15, -0.1) is 0 Å². The van der Waals surface area contributed by atoms with Gasteiger partial charge in [-0.25, -0.2) is 0 Å². The van der Waals surface area contributed by atoms with E-state index < -0.39 is 0 Å². The average Bonchev–Trinajstić information content (AvgIpc) is 2.28. The summed E-state index contributed by atoms with van der Waals surface area (Å²) in [5, 5.41) is 1.02. The van der Waals surface area contributed by atoms with E-state index in [4.69, 9.17) is 0 Å². The maximum Gasteiger partial charge on any atom is 0.0212 e. The molecule has 0 amide bonds. The fourth-order valence-corrected chi connectivity index (χ4v) is 1.96. The van der Waals surface area contributed by atoms with Gasteiger partial charge >= 0.3 is 0 Å². The van der Waals surface area contributed by atoms with Crippen molar-refractivity contribution in [1.82, 2.24) is 0 Å². The molecule has 0 aromatic rings. The van der Waals surface area contributed by atoms with Crippen LogP contribution in [0.5, 0.6) is 0 Å². The first-order valence-corrected chi connectivity index (χ1v) is 5.78. The minimum Gasteiger partial charge on any atom is -0.0883 e. The highest BCUT2D eigenvalue weighted by Gasteiger charge is 2.07. The van der Waals surface area contributed by atoms with Crippen LogP contribution in [0.1, 0.15) is 38.5 Å². The van der Waals surface area contributed by atoms with Crippen molar-refractivity contribution in [2.45, 2.75) is 38.5 Å². The standard InChI is InChI=1S/C10H17Br/c11-9-5-8-10-6-3-1-2-4-7-10/h5,8,10H,1-4,6-7,9H2. The summed E-state index contributed by atoms with van der Waals surface area (Å²) in [6.07, 6.45) is 13.3. The number of rotatable bonds is 2. The Hall–Kier alpha value is 0.220. The molecule has 0 heterocycles. The zero-order valence-electron chi connectivity index (χ0n) is 7.06. The lowest BCUT2D eigenvalue weighted by molar-refractivity contribution is 0.559. The van der Waals surface area contributed by atoms with E-state index in [9.17, 15) is 0 Å². The SMILES string of the molecule is BrCC=CC1CCCCCC1. The van der Waals surface area contributed by atoms with Crippen molar-refractivity contribution in [3.8, 4) is 0 Å². The maximum atomic E-state index is 3.41. The van der Waals surface area contributed by atoms with Gasteiger partial charge in [-0.2, -0.15) is 0 Å². The van der Waals surface area contributed by atoms with Crippen LogP contribution in [0, 0.1) is 5.92 Å². The molecule has 0 unspecified atom stereocenters. The highest BCUT2D eigenvalue weighted by atomic mass is 79.9. The molecule has 0 radical (unpaired) electrons. The largest absolute Gasteiger partial charge is 0.0883 e. The van der Waals surface area contributed by atoms with Crippen molar-refractivity contribution in [3.63, 3.8) is 0 Å². The first-order valence-electron chi connectivity index (χ1n) is 4.66. The van der Waals surface area contributed by atoms with Crippen LogP contribution >= 0.6 is 15.9 Å². The molecule has 1 aliphatic rings. The van der Waals surface area contributed by atoms with Crippen LogP contribution in [0.3, 0.4) is 0 Å². The van der Waals surface area contributed by atoms with Gasteiger partial charge in [-0.1, -0.05) is 53.8 Å². The fourth-order valence-electron chi connectivity index (χ4n) is 1.75. The summed E-state index contributed by atoms with van der Waals surface area (Å²) in [5.41, 5.74) is 0. The van der Waals surface area contributed by atoms with E-state index in [0.29, 0.717) is 0 Å². The van der Waals surface area contributed by atoms with E-state index in [0.717, 1.165) is 11.2 Å². The van der Waals surface area contributed by atoms with Gasteiger partial charge in [0.1, 0.15) is 0 Å². The molecule has 64 valence electrons. The summed E-state index contributed by atoms with van der Waals surface area (Å²) in [6.45, 7) is 0. The van der Waals surface area contributed by atoms with E-state index in [1.807, 2.05) is 0 Å². The molecule has 0 bridgehead atoms. The first-order chi connectivity index (χ1) is 5.43. The van der Waals surface area contributed by atoms with Gasteiger partial charge < -0.3 is 0 Å². The van der Waals surface area contributed by atoms with Gasteiger partial charge in [0, 0.05) is 5.33 Å². The topological polar surface area (TPSA) is 0 Å². The minimum absolute atomic E-state index is 0.884. The molecule has 0 aromatic heterocycles. The van der Waals surface area contributed by atoms with Crippen LogP contribution in [0.15, 0.2) is 12.2 Å². The molecule has 1 fully saturated rings. The Kier molecular flexibility index (Phi) is 4.92. The molecular formula is C10H17Br. The quantitative estimate of drug-likeness (QED) is 0.373. The number of halogens is 1. The summed E-state index contributed by atoms with van der Waals surface area (Å²) < 4.78 is 0. The third-order valence-electron chi connectivity index (χ3n) is 2.40. The summed E-state index contributed by atoms with van der Waals surface area (Å²) >= 11 is 3.41. The maximum absolute atomic E-state index is 3.41. The van der Waals surface area contributed by atoms with Crippen molar-refractivity contribution < 1.29 is 0 Å². The van der Waals surface area contributed by atoms with Crippen molar-refractivity contribution in [2.75, 3.05) is 5.33 Å². The van der Waals surface area contributed by atoms with Crippen LogP contribution < -0.4 is 0 Å². The van der Waals surface area contributed by atoms with Crippen LogP contribution in [-0.4, -0.2) is 5.33 Å². The van der Waals surface area contributed by atoms with Crippen LogP contribution in [-0.2, 0) is 0 Å². The lowest BCUT2D eigenvalue weighted by Crippen LogP contribution is -1.92. The highest BCUT2D eigenvalue weighted by Crippen LogP contribution is 2.23. The zero-order valence-corrected chi connectivity index (χ0v) is 8.65. The van der Waals surface area contributed by atoms with E-state index in [1.165, 1.54) is 38.5 Å². The zero-order chi connectivity index (χ0) is 7.94. The van der Waals surface area contributed by atoms with Crippen molar-refractivity contribution in [1.29, 1.82) is 0 Å². The molecular weight excluding hydrogens is 200 g/mol. The van der Waals surface area contributed by atoms with E-state index in [-0.39, 0.29) is 0 Å². The Bertz CT molecular complexity index is 110. The van der Waals surface area contributed by atoms with Crippen LogP contribution in [0.25, 0.3) is 0 Å². The van der Waals surface area contributed by atoms with Gasteiger partial charge in [0.15, 0.2) is 0 Å². The second-order valence-electron chi connectivity index (χ2n) is 3.33. The smallest absolute Gasteiger partial charge is 0.0212 e. The minimum atomic E-state index is 0.884. The highest BCUT2D eigenvalue weighted by molar-refractivity contribution is 9.09. The molecule has 0 saturated heterocycles. The molecule has 0 N–H and O–H groups in total. The fraction of sp³-hybridized carbons (Fsp3) is 0.800. The number of allylic oxidation sites excluding steroid dienone is 2. The summed E-state index contributed by atoms with van der Waals surface area (Å²) in [6, 6.07) is 0. The Morgan fingerprint density at radius 1 is 1.09 bits per heavy atom. The number of alkyl halides is 1. The Balaban J connectivity index is 2.25. The van der Waals surface area contributed by atoms with Gasteiger partial charge in [0.05, 0.1) is 0 Å². The second-order valence-corrected chi connectivity index (χ2v) is 3.98. The van der Waals surface area contributed by atoms with E-state index in [2.05, 4.69) is 28.1 Å². The molecule has 1 aliphatic carbocycles. The molecule has 1 saturated carbocycles. The summed E-state index contributed by atoms with van der Waals surface area (Å²) in [7, 11) is 0. The third-order valence-corrected chi connectivity index (χ3v) is 2.77. The molecule has 11 heavy (non-hydrogen) atoms. The van der Waals surface area contributed by atoms with Gasteiger partial charge in [0.2, 0.25) is 0 Å². The van der Waals surface area contributed by atoms with Crippen LogP contribution in [0.4, 0.5) is 0 Å². The van der Waals surface area contributed by atoms with E-state index >= 15 is 0 Å². The number of hydrogen-bond donors (Lipinski definition) is 0. The third kappa shape index (κ3) is 3.95. The Morgan fingerprint density at radius 3 is 2.27 bits per heavy atom. The van der Waals surface area contributed by atoms with Gasteiger partial charge in [0.25, 0.3) is 0 Å². The molecule has 0 atom stereocenters. The molecule has 0 nitrogen and oxygen atoms in total. The molecule has 0 spiro atoms. The Morgan fingerprint density at radius 2 is 1.73 bits per heavy atom. The molecule has 1 heteroatoms. The van der Waals surface area contributed by atoms with Crippen molar-refractivity contribution in [3.05, 3.63) is 12.2 Å². The first kappa shape index (κ1) is 9.31. The van der Waals surface area contributed by atoms with E-state index in [1.54, 1.807) is 0 Å². The molecule has 0 aromatic carbocycles.